The van der Waals surface area contributed by atoms with E-state index in [-0.39, 0.29) is 25.1 Å². The van der Waals surface area contributed by atoms with Crippen molar-refractivity contribution < 1.29 is 46.6 Å². The van der Waals surface area contributed by atoms with Crippen LogP contribution in [0.4, 0.5) is 18.9 Å². The van der Waals surface area contributed by atoms with Crippen molar-refractivity contribution in [2.24, 2.45) is 23.2 Å². The first-order chi connectivity index (χ1) is 42.7. The Kier molecular flexibility index (Phi) is 25.8. The van der Waals surface area contributed by atoms with Gasteiger partial charge in [0.25, 0.3) is 6.47 Å². The fourth-order valence-corrected chi connectivity index (χ4v) is 14.6. The van der Waals surface area contributed by atoms with Gasteiger partial charge >= 0.3 is 6.18 Å². The van der Waals surface area contributed by atoms with Gasteiger partial charge in [0.15, 0.2) is 0 Å². The van der Waals surface area contributed by atoms with Gasteiger partial charge in [-0.2, -0.15) is 13.2 Å². The Balaban J connectivity index is 0.000000239. The number of ether oxygens (including phenoxy) is 3. The summed E-state index contributed by atoms with van der Waals surface area (Å²) < 4.78 is 62.4. The Hall–Kier alpha value is -4.75. The number of thiazole rings is 1. The van der Waals surface area contributed by atoms with E-state index >= 15 is 0 Å². The lowest BCUT2D eigenvalue weighted by molar-refractivity contribution is -0.139. The molecule has 8 atom stereocenters. The van der Waals surface area contributed by atoms with Crippen LogP contribution >= 0.6 is 11.3 Å². The molecule has 18 nitrogen and oxygen atoms in total. The number of aldehydes is 3. The Labute approximate surface area is 530 Å². The van der Waals surface area contributed by atoms with Gasteiger partial charge in [0.05, 0.1) is 59.8 Å². The molecule has 0 radical (unpaired) electrons. The van der Waals surface area contributed by atoms with Gasteiger partial charge in [-0.15, -0.1) is 11.3 Å². The number of hydrazine groups is 1. The van der Waals surface area contributed by atoms with Gasteiger partial charge in [-0.05, 0) is 167 Å². The smallest absolute Gasteiger partial charge is 0.406 e. The van der Waals surface area contributed by atoms with Crippen molar-refractivity contribution in [1.82, 2.24) is 49.9 Å². The highest BCUT2D eigenvalue weighted by atomic mass is 32.1. The minimum atomic E-state index is -4.55. The van der Waals surface area contributed by atoms with E-state index in [1.807, 2.05) is 52.3 Å². The molecule has 0 amide bonds. The summed E-state index contributed by atoms with van der Waals surface area (Å²) in [7, 11) is 11.7. The Morgan fingerprint density at radius 3 is 2.21 bits per heavy atom. The van der Waals surface area contributed by atoms with Gasteiger partial charge in [0.1, 0.15) is 36.5 Å². The van der Waals surface area contributed by atoms with Gasteiger partial charge in [0.2, 0.25) is 0 Å². The van der Waals surface area contributed by atoms with Crippen LogP contribution in [0.5, 0.6) is 0 Å². The molecule has 1 aromatic carbocycles. The number of rotatable bonds is 26. The molecule has 11 rings (SSSR count). The molecule has 7 heterocycles. The number of piperazine rings is 1. The average Bonchev–Trinajstić information content (AvgIpc) is 1.71. The van der Waals surface area contributed by atoms with E-state index in [1.165, 1.54) is 119 Å². The summed E-state index contributed by atoms with van der Waals surface area (Å²) in [6, 6.07) is 8.46. The minimum absolute atomic E-state index is 0.0596. The monoisotopic (exact) mass is 1260 g/mol. The molecule has 7 fully saturated rings. The second-order valence-corrected chi connectivity index (χ2v) is 27.6. The number of hydrogen-bond acceptors (Lipinski definition) is 18. The number of aromatic nitrogens is 3. The second-order valence-electron chi connectivity index (χ2n) is 26.7. The number of halogens is 3. The number of nitrogens with zero attached hydrogens (tertiary/aromatic N) is 9. The third-order valence-electron chi connectivity index (χ3n) is 19.2. The highest BCUT2D eigenvalue weighted by molar-refractivity contribution is 7.10. The van der Waals surface area contributed by atoms with Crippen LogP contribution in [-0.2, 0) is 46.4 Å². The molecule has 8 unspecified atom stereocenters. The van der Waals surface area contributed by atoms with Crippen molar-refractivity contribution >= 4 is 53.3 Å². The zero-order valence-corrected chi connectivity index (χ0v) is 55.5. The molecule has 89 heavy (non-hydrogen) atoms. The lowest BCUT2D eigenvalue weighted by atomic mass is 9.84. The van der Waals surface area contributed by atoms with Crippen LogP contribution in [0.1, 0.15) is 133 Å². The predicted octanol–water partition coefficient (Wildman–Crippen LogP) is 9.50. The van der Waals surface area contributed by atoms with Crippen LogP contribution in [-0.4, -0.2) is 215 Å². The highest BCUT2D eigenvalue weighted by Gasteiger charge is 2.52. The van der Waals surface area contributed by atoms with E-state index in [9.17, 15) is 32.3 Å². The van der Waals surface area contributed by atoms with Crippen LogP contribution in [0.3, 0.4) is 0 Å². The van der Waals surface area contributed by atoms with E-state index in [2.05, 4.69) is 61.4 Å². The number of carbonyl (C=O) groups is 4. The zero-order valence-electron chi connectivity index (χ0n) is 54.6. The molecular weight excluding hydrogens is 1160 g/mol. The first-order valence-electron chi connectivity index (χ1n) is 32.7. The molecule has 7 aliphatic rings. The maximum absolute atomic E-state index is 14.7. The molecule has 2 N–H and O–H groups in total. The summed E-state index contributed by atoms with van der Waals surface area (Å²) in [6.07, 6.45) is 15.0. The molecule has 3 aromatic heterocycles. The topological polar surface area (TPSA) is 170 Å². The molecule has 3 aliphatic carbocycles. The maximum Gasteiger partial charge on any atom is 0.406 e. The molecule has 22 heteroatoms. The maximum atomic E-state index is 14.7. The lowest BCUT2D eigenvalue weighted by Gasteiger charge is -2.36. The minimum Gasteiger partial charge on any atom is -0.467 e. The summed E-state index contributed by atoms with van der Waals surface area (Å²) in [4.78, 5) is 66.2. The summed E-state index contributed by atoms with van der Waals surface area (Å²) in [6.45, 7) is 16.5. The molecule has 494 valence electrons. The van der Waals surface area contributed by atoms with Gasteiger partial charge in [-0.25, -0.2) is 9.99 Å². The molecule has 0 bridgehead atoms. The molecule has 4 aromatic rings. The number of hydrogen-bond donors (Lipinski definition) is 2. The molecule has 0 spiro atoms. The Morgan fingerprint density at radius 2 is 1.66 bits per heavy atom. The summed E-state index contributed by atoms with van der Waals surface area (Å²) in [5.41, 5.74) is 7.25. The third kappa shape index (κ3) is 19.2. The van der Waals surface area contributed by atoms with Crippen molar-refractivity contribution in [3.63, 3.8) is 0 Å². The molecule has 4 aliphatic heterocycles. The number of fused-ring (bicyclic) bond motifs is 1. The van der Waals surface area contributed by atoms with Gasteiger partial charge in [-0.3, -0.25) is 29.9 Å². The van der Waals surface area contributed by atoms with E-state index in [0.29, 0.717) is 80.8 Å². The van der Waals surface area contributed by atoms with E-state index in [1.54, 1.807) is 32.5 Å². The van der Waals surface area contributed by atoms with Crippen LogP contribution in [0, 0.1) is 23.2 Å². The summed E-state index contributed by atoms with van der Waals surface area (Å²) >= 11 is 1.35. The van der Waals surface area contributed by atoms with Crippen LogP contribution < -0.4 is 15.6 Å². The summed E-state index contributed by atoms with van der Waals surface area (Å²) in [5, 5.41) is 8.20. The molecule has 4 saturated heterocycles. The molecular formula is C67H102F3N11O7S. The number of likely N-dealkylation sites (tertiary alicyclic amines) is 1. The van der Waals surface area contributed by atoms with Crippen molar-refractivity contribution in [1.29, 1.82) is 0 Å². The van der Waals surface area contributed by atoms with Crippen LogP contribution in [0.15, 0.2) is 35.8 Å². The number of carbonyl (C=O) groups excluding carboxylic acids is 4. The first kappa shape index (κ1) is 70.1. The second kappa shape index (κ2) is 32.7. The van der Waals surface area contributed by atoms with Gasteiger partial charge in [0, 0.05) is 111 Å². The van der Waals surface area contributed by atoms with E-state index < -0.39 is 36.4 Å². The Bertz CT molecular complexity index is 2880. The predicted molar refractivity (Wildman–Crippen MR) is 346 cm³/mol. The van der Waals surface area contributed by atoms with Gasteiger partial charge in [-0.1, -0.05) is 32.8 Å². The van der Waals surface area contributed by atoms with Crippen LogP contribution in [0.2, 0.25) is 0 Å². The fraction of sp³-hybridized carbons (Fsp3) is 0.701. The zero-order chi connectivity index (χ0) is 64.0. The Morgan fingerprint density at radius 1 is 0.921 bits per heavy atom. The summed E-state index contributed by atoms with van der Waals surface area (Å²) in [5.74, 6) is 2.33. The number of likely N-dealkylation sites (N-methyl/N-ethyl adjacent to an activating group) is 3. The van der Waals surface area contributed by atoms with E-state index in [4.69, 9.17) is 24.2 Å². The molecule has 3 saturated carbocycles. The first-order valence-corrected chi connectivity index (χ1v) is 33.6. The van der Waals surface area contributed by atoms with Crippen molar-refractivity contribution in [2.75, 3.05) is 119 Å². The van der Waals surface area contributed by atoms with Crippen molar-refractivity contribution in [2.45, 2.75) is 166 Å². The number of pyridine rings is 1. The normalized spacial score (nSPS) is 23.3. The quantitative estimate of drug-likeness (QED) is 0.0450. The van der Waals surface area contributed by atoms with Crippen molar-refractivity contribution in [3.8, 4) is 22.5 Å². The average molecular weight is 1260 g/mol. The fourth-order valence-electron chi connectivity index (χ4n) is 13.7. The van der Waals surface area contributed by atoms with Crippen LogP contribution in [0.25, 0.3) is 33.4 Å². The van der Waals surface area contributed by atoms with Crippen molar-refractivity contribution in [3.05, 3.63) is 52.1 Å². The van der Waals surface area contributed by atoms with E-state index in [0.717, 1.165) is 69.4 Å². The number of nitrogens with one attached hydrogen (secondary N) is 2. The number of anilines is 1. The standard InChI is InChI=1S/C40H51F3N6O5S.C15H28N2O.C7H11NO.C5H12N2/c1-7-54-37(32(20-50)44-5)38-46-33(21-55-38)26-8-11-34-29(16-26)31(18-39(3,4)23-53-24-51)36(49(34)22-40(41,42)43)30-17-28(19-45-35(30)25(2)52-6)48-14-12-47(13-15-48)27-9-10-27;1-16-9-7-13(11-16)8-10-17(2)15(12-18)14-5-3-4-6-14;1-8-6(4-9)7(8)5-2-3-5;1-7-5-3-2-4-6-7/h8,11,16-17,19-21,24-25,27,32,37,44H,7,9-10,12-15,18,22-23H2,1-6H3;12-15H,3-11H2,1-2H3;4-7H,2-3H2,1H3;6H,2-5H2,1H3. The third-order valence-corrected chi connectivity index (χ3v) is 20.1. The largest absolute Gasteiger partial charge is 0.467 e. The number of alkyl halides is 3. The number of benzene rings is 1. The SMILES string of the molecule is CCOC(c1nc(-c2ccc3c(c2)c(CC(C)(C)COC=O)c(-c2cc(N4CCN(C5CC5)CC4)cnc2C(C)OC)n3CC(F)(F)F)cs1)C(C=O)NC.CN1C(C=O)C1C1CC1.CN1CCC(CCN(C)C(C=O)C2CCCC2)C1.CN1CCCCN1. The highest BCUT2D eigenvalue weighted by Crippen LogP contribution is 2.46. The number of methoxy groups -OCH3 is 1. The lowest BCUT2D eigenvalue weighted by Crippen LogP contribution is -2.47. The van der Waals surface area contributed by atoms with Gasteiger partial charge < -0.3 is 48.3 Å².